The monoisotopic (exact) mass is 251 g/mol. The van der Waals surface area contributed by atoms with Crippen LogP contribution < -0.4 is 9.64 Å². The number of hydrogen-bond acceptors (Lipinski definition) is 3. The van der Waals surface area contributed by atoms with Crippen LogP contribution in [0.1, 0.15) is 25.8 Å². The van der Waals surface area contributed by atoms with Crippen LogP contribution in [0.2, 0.25) is 0 Å². The fraction of sp³-hybridized carbons (Fsp3) is 0.500. The van der Waals surface area contributed by atoms with Gasteiger partial charge in [0, 0.05) is 6.54 Å². The van der Waals surface area contributed by atoms with Crippen molar-refractivity contribution < 1.29 is 14.6 Å². The normalized spacial score (nSPS) is 12.0. The van der Waals surface area contributed by atoms with Crippen LogP contribution in [0.5, 0.6) is 5.75 Å². The number of aryl methyl sites for hydroxylation is 1. The van der Waals surface area contributed by atoms with Crippen LogP contribution in [0.4, 0.5) is 5.69 Å². The van der Waals surface area contributed by atoms with Gasteiger partial charge in [0.25, 0.3) is 0 Å². The first-order valence-electron chi connectivity index (χ1n) is 6.15. The molecule has 0 fully saturated rings. The zero-order chi connectivity index (χ0) is 13.7. The number of benzene rings is 1. The van der Waals surface area contributed by atoms with E-state index in [1.165, 1.54) is 0 Å². The largest absolute Gasteiger partial charge is 0.495 e. The van der Waals surface area contributed by atoms with Crippen molar-refractivity contribution in [3.05, 3.63) is 23.8 Å². The molecule has 0 saturated carbocycles. The van der Waals surface area contributed by atoms with E-state index in [1.54, 1.807) is 14.0 Å². The van der Waals surface area contributed by atoms with Gasteiger partial charge < -0.3 is 14.7 Å². The van der Waals surface area contributed by atoms with Crippen molar-refractivity contribution in [2.75, 3.05) is 18.6 Å². The summed E-state index contributed by atoms with van der Waals surface area (Å²) in [5, 5.41) is 9.19. The molecule has 4 heteroatoms. The maximum Gasteiger partial charge on any atom is 0.326 e. The van der Waals surface area contributed by atoms with Crippen molar-refractivity contribution in [1.82, 2.24) is 0 Å². The fourth-order valence-corrected chi connectivity index (χ4v) is 1.92. The van der Waals surface area contributed by atoms with Crippen molar-refractivity contribution >= 4 is 11.7 Å². The van der Waals surface area contributed by atoms with E-state index in [2.05, 4.69) is 0 Å². The Balaban J connectivity index is 3.19. The van der Waals surface area contributed by atoms with Gasteiger partial charge in [0.2, 0.25) is 0 Å². The first-order valence-corrected chi connectivity index (χ1v) is 6.15. The van der Waals surface area contributed by atoms with E-state index in [0.29, 0.717) is 12.3 Å². The summed E-state index contributed by atoms with van der Waals surface area (Å²) in [4.78, 5) is 13.1. The van der Waals surface area contributed by atoms with Gasteiger partial charge in [-0.1, -0.05) is 13.0 Å². The van der Waals surface area contributed by atoms with Gasteiger partial charge in [-0.15, -0.1) is 0 Å². The van der Waals surface area contributed by atoms with Crippen LogP contribution >= 0.6 is 0 Å². The predicted octanol–water partition coefficient (Wildman–Crippen LogP) is 2.69. The van der Waals surface area contributed by atoms with E-state index in [-0.39, 0.29) is 0 Å². The highest BCUT2D eigenvalue weighted by Crippen LogP contribution is 2.30. The van der Waals surface area contributed by atoms with E-state index in [1.807, 2.05) is 36.9 Å². The van der Waals surface area contributed by atoms with E-state index >= 15 is 0 Å². The standard InChI is InChI=1S/C14H21NO3/c1-5-8-15(11(3)14(16)17)12-9-10(2)6-7-13(12)18-4/h6-7,9,11H,5,8H2,1-4H3,(H,16,17)/t11-/m1/s1. The van der Waals surface area contributed by atoms with Gasteiger partial charge in [-0.2, -0.15) is 0 Å². The summed E-state index contributed by atoms with van der Waals surface area (Å²) in [5.74, 6) is -0.117. The molecule has 1 N–H and O–H groups in total. The number of rotatable bonds is 6. The summed E-state index contributed by atoms with van der Waals surface area (Å²) >= 11 is 0. The number of carboxylic acid groups (broad SMARTS) is 1. The Hall–Kier alpha value is -1.71. The maximum atomic E-state index is 11.2. The molecule has 0 aromatic heterocycles. The van der Waals surface area contributed by atoms with E-state index < -0.39 is 12.0 Å². The molecule has 0 aliphatic carbocycles. The minimum Gasteiger partial charge on any atom is -0.495 e. The zero-order valence-corrected chi connectivity index (χ0v) is 11.4. The van der Waals surface area contributed by atoms with Crippen LogP contribution in [0.3, 0.4) is 0 Å². The smallest absolute Gasteiger partial charge is 0.326 e. The first kappa shape index (κ1) is 14.4. The number of nitrogens with zero attached hydrogens (tertiary/aromatic N) is 1. The van der Waals surface area contributed by atoms with Crippen molar-refractivity contribution in [1.29, 1.82) is 0 Å². The Bertz CT molecular complexity index is 418. The molecule has 0 aliphatic rings. The summed E-state index contributed by atoms with van der Waals surface area (Å²) in [7, 11) is 1.60. The first-order chi connectivity index (χ1) is 8.51. The molecule has 0 unspecified atom stereocenters. The molecule has 4 nitrogen and oxygen atoms in total. The number of carboxylic acids is 1. The second kappa shape index (κ2) is 6.28. The van der Waals surface area contributed by atoms with Gasteiger partial charge in [0.05, 0.1) is 12.8 Å². The van der Waals surface area contributed by atoms with Crippen LogP contribution in [0.25, 0.3) is 0 Å². The molecule has 0 aliphatic heterocycles. The minimum atomic E-state index is -0.827. The molecule has 0 saturated heterocycles. The van der Waals surface area contributed by atoms with Crippen molar-refractivity contribution in [2.45, 2.75) is 33.2 Å². The summed E-state index contributed by atoms with van der Waals surface area (Å²) in [6.07, 6.45) is 0.884. The quantitative estimate of drug-likeness (QED) is 0.844. The molecule has 1 rings (SSSR count). The molecule has 1 aromatic carbocycles. The van der Waals surface area contributed by atoms with E-state index in [4.69, 9.17) is 4.74 Å². The topological polar surface area (TPSA) is 49.8 Å². The van der Waals surface area contributed by atoms with Crippen LogP contribution in [0.15, 0.2) is 18.2 Å². The van der Waals surface area contributed by atoms with Gasteiger partial charge in [0.1, 0.15) is 11.8 Å². The highest BCUT2D eigenvalue weighted by atomic mass is 16.5. The molecule has 0 amide bonds. The van der Waals surface area contributed by atoms with Gasteiger partial charge >= 0.3 is 5.97 Å². The lowest BCUT2D eigenvalue weighted by molar-refractivity contribution is -0.138. The SMILES string of the molecule is CCCN(c1cc(C)ccc1OC)[C@H](C)C(=O)O. The Kier molecular flexibility index (Phi) is 5.01. The van der Waals surface area contributed by atoms with Gasteiger partial charge in [-0.3, -0.25) is 0 Å². The lowest BCUT2D eigenvalue weighted by Crippen LogP contribution is -2.39. The highest BCUT2D eigenvalue weighted by molar-refractivity contribution is 5.79. The predicted molar refractivity (Wildman–Crippen MR) is 72.5 cm³/mol. The third kappa shape index (κ3) is 3.15. The molecule has 1 aromatic rings. The minimum absolute atomic E-state index is 0.569. The average Bonchev–Trinajstić information content (AvgIpc) is 2.35. The number of methoxy groups -OCH3 is 1. The maximum absolute atomic E-state index is 11.2. The Labute approximate surface area is 108 Å². The number of aliphatic carboxylic acids is 1. The van der Waals surface area contributed by atoms with Gasteiger partial charge in [-0.05, 0) is 38.0 Å². The average molecular weight is 251 g/mol. The molecular formula is C14H21NO3. The number of ether oxygens (including phenoxy) is 1. The zero-order valence-electron chi connectivity index (χ0n) is 11.4. The molecular weight excluding hydrogens is 230 g/mol. The third-order valence-corrected chi connectivity index (χ3v) is 2.93. The van der Waals surface area contributed by atoms with E-state index in [0.717, 1.165) is 17.7 Å². The lowest BCUT2D eigenvalue weighted by Gasteiger charge is -2.30. The second-order valence-corrected chi connectivity index (χ2v) is 4.38. The molecule has 0 radical (unpaired) electrons. The number of hydrogen-bond donors (Lipinski definition) is 1. The lowest BCUT2D eigenvalue weighted by atomic mass is 10.1. The molecule has 0 heterocycles. The Morgan fingerprint density at radius 1 is 1.50 bits per heavy atom. The van der Waals surface area contributed by atoms with E-state index in [9.17, 15) is 9.90 Å². The second-order valence-electron chi connectivity index (χ2n) is 4.38. The summed E-state index contributed by atoms with van der Waals surface area (Å²) in [5.41, 5.74) is 1.93. The summed E-state index contributed by atoms with van der Waals surface area (Å²) in [6.45, 7) is 6.40. The number of anilines is 1. The van der Waals surface area contributed by atoms with Crippen molar-refractivity contribution in [3.8, 4) is 5.75 Å². The third-order valence-electron chi connectivity index (χ3n) is 2.93. The summed E-state index contributed by atoms with van der Waals surface area (Å²) in [6, 6.07) is 5.23. The van der Waals surface area contributed by atoms with Crippen LogP contribution in [-0.2, 0) is 4.79 Å². The summed E-state index contributed by atoms with van der Waals surface area (Å²) < 4.78 is 5.32. The van der Waals surface area contributed by atoms with Crippen molar-refractivity contribution in [3.63, 3.8) is 0 Å². The van der Waals surface area contributed by atoms with Crippen LogP contribution in [-0.4, -0.2) is 30.8 Å². The Morgan fingerprint density at radius 2 is 2.17 bits per heavy atom. The molecule has 1 atom stereocenters. The highest BCUT2D eigenvalue weighted by Gasteiger charge is 2.22. The molecule has 100 valence electrons. The molecule has 0 spiro atoms. The fourth-order valence-electron chi connectivity index (χ4n) is 1.92. The van der Waals surface area contributed by atoms with Crippen molar-refractivity contribution in [2.24, 2.45) is 0 Å². The van der Waals surface area contributed by atoms with Gasteiger partial charge in [-0.25, -0.2) is 4.79 Å². The van der Waals surface area contributed by atoms with Crippen LogP contribution in [0, 0.1) is 6.92 Å². The molecule has 0 bridgehead atoms. The van der Waals surface area contributed by atoms with Gasteiger partial charge in [0.15, 0.2) is 0 Å². The molecule has 18 heavy (non-hydrogen) atoms. The Morgan fingerprint density at radius 3 is 2.67 bits per heavy atom. The number of carbonyl (C=O) groups is 1.